The topological polar surface area (TPSA) is 65.4 Å². The summed E-state index contributed by atoms with van der Waals surface area (Å²) in [7, 11) is 1.60. The minimum Gasteiger partial charge on any atom is -0.493 e. The highest BCUT2D eigenvalue weighted by molar-refractivity contribution is 6.30. The van der Waals surface area contributed by atoms with Crippen molar-refractivity contribution in [2.75, 3.05) is 13.7 Å². The van der Waals surface area contributed by atoms with E-state index in [9.17, 15) is 4.79 Å². The number of rotatable bonds is 8. The molecule has 0 unspecified atom stereocenters. The quantitative estimate of drug-likeness (QED) is 0.407. The molecule has 0 radical (unpaired) electrons. The van der Waals surface area contributed by atoms with Crippen molar-refractivity contribution in [1.29, 1.82) is 0 Å². The molecule has 1 amide bonds. The van der Waals surface area contributed by atoms with E-state index in [-0.39, 0.29) is 5.91 Å². The Morgan fingerprint density at radius 2 is 1.94 bits per heavy atom. The summed E-state index contributed by atoms with van der Waals surface area (Å²) in [4.78, 5) is 12.8. The van der Waals surface area contributed by atoms with Gasteiger partial charge in [-0.05, 0) is 54.4 Å². The van der Waals surface area contributed by atoms with Crippen molar-refractivity contribution >= 4 is 28.4 Å². The maximum absolute atomic E-state index is 12.8. The van der Waals surface area contributed by atoms with Crippen LogP contribution in [0.15, 0.2) is 66.9 Å². The van der Waals surface area contributed by atoms with Crippen LogP contribution in [0.2, 0.25) is 5.02 Å². The van der Waals surface area contributed by atoms with Gasteiger partial charge in [0.1, 0.15) is 0 Å². The molecule has 0 aliphatic heterocycles. The summed E-state index contributed by atoms with van der Waals surface area (Å²) >= 11 is 6.10. The highest BCUT2D eigenvalue weighted by atomic mass is 35.5. The van der Waals surface area contributed by atoms with Crippen molar-refractivity contribution < 1.29 is 14.3 Å². The molecular formula is C25H24ClN3O3. The molecule has 0 spiro atoms. The Bertz CT molecular complexity index is 1250. The van der Waals surface area contributed by atoms with Gasteiger partial charge in [-0.3, -0.25) is 9.48 Å². The summed E-state index contributed by atoms with van der Waals surface area (Å²) < 4.78 is 12.8. The molecule has 0 saturated heterocycles. The van der Waals surface area contributed by atoms with Crippen LogP contribution >= 0.6 is 11.6 Å². The molecule has 1 aromatic heterocycles. The number of hydrogen-bond donors (Lipinski definition) is 1. The number of halogens is 1. The number of carbonyl (C=O) groups is 1. The van der Waals surface area contributed by atoms with Gasteiger partial charge in [0.05, 0.1) is 32.0 Å². The number of benzene rings is 3. The van der Waals surface area contributed by atoms with Gasteiger partial charge in [-0.1, -0.05) is 35.9 Å². The van der Waals surface area contributed by atoms with Crippen LogP contribution in [0.1, 0.15) is 28.4 Å². The molecule has 164 valence electrons. The second-order valence-electron chi connectivity index (χ2n) is 7.31. The fourth-order valence-electron chi connectivity index (χ4n) is 3.53. The first-order valence-corrected chi connectivity index (χ1v) is 10.7. The Hall–Kier alpha value is -3.51. The normalized spacial score (nSPS) is 10.8. The van der Waals surface area contributed by atoms with Gasteiger partial charge in [0.15, 0.2) is 11.5 Å². The van der Waals surface area contributed by atoms with Crippen molar-refractivity contribution in [2.24, 2.45) is 0 Å². The maximum Gasteiger partial charge on any atom is 0.251 e. The number of nitrogens with one attached hydrogen (secondary N) is 1. The lowest BCUT2D eigenvalue weighted by Crippen LogP contribution is -2.22. The lowest BCUT2D eigenvalue weighted by molar-refractivity contribution is 0.0951. The highest BCUT2D eigenvalue weighted by Crippen LogP contribution is 2.28. The molecule has 0 aliphatic rings. The van der Waals surface area contributed by atoms with E-state index in [1.54, 1.807) is 13.3 Å². The summed E-state index contributed by atoms with van der Waals surface area (Å²) in [6.45, 7) is 3.43. The summed E-state index contributed by atoms with van der Waals surface area (Å²) in [6, 6.07) is 18.9. The molecule has 0 saturated carbocycles. The van der Waals surface area contributed by atoms with E-state index < -0.39 is 0 Å². The monoisotopic (exact) mass is 449 g/mol. The van der Waals surface area contributed by atoms with Crippen molar-refractivity contribution in [3.63, 3.8) is 0 Å². The fraction of sp³-hybridized carbons (Fsp3) is 0.200. The molecule has 0 bridgehead atoms. The molecule has 7 heteroatoms. The summed E-state index contributed by atoms with van der Waals surface area (Å²) in [5.41, 5.74) is 3.43. The molecule has 1 heterocycles. The first kappa shape index (κ1) is 21.7. The molecule has 6 nitrogen and oxygen atoms in total. The largest absolute Gasteiger partial charge is 0.493 e. The van der Waals surface area contributed by atoms with Crippen LogP contribution in [0, 0.1) is 0 Å². The second-order valence-corrected chi connectivity index (χ2v) is 7.74. The number of hydrogen-bond acceptors (Lipinski definition) is 4. The molecule has 0 fully saturated rings. The van der Waals surface area contributed by atoms with Gasteiger partial charge in [-0.15, -0.1) is 0 Å². The molecule has 1 N–H and O–H groups in total. The standard InChI is InChI=1S/C25H24ClN3O3/c1-3-32-23-10-7-17(12-24(23)31-2)14-27-25(30)19-8-9-20-15-28-29(22(20)13-19)16-18-5-4-6-21(26)11-18/h4-13,15H,3,14,16H2,1-2H3,(H,27,30). The van der Waals surface area contributed by atoms with Gasteiger partial charge < -0.3 is 14.8 Å². The molecule has 4 aromatic rings. The number of nitrogens with zero attached hydrogens (tertiary/aromatic N) is 2. The smallest absolute Gasteiger partial charge is 0.251 e. The van der Waals surface area contributed by atoms with Crippen LogP contribution in [0.4, 0.5) is 0 Å². The average molecular weight is 450 g/mol. The van der Waals surface area contributed by atoms with E-state index in [1.165, 1.54) is 0 Å². The Balaban J connectivity index is 1.49. The number of ether oxygens (including phenoxy) is 2. The minimum atomic E-state index is -0.157. The van der Waals surface area contributed by atoms with Crippen LogP contribution in [0.25, 0.3) is 10.9 Å². The minimum absolute atomic E-state index is 0.157. The van der Waals surface area contributed by atoms with Crippen LogP contribution in [0.3, 0.4) is 0 Å². The molecular weight excluding hydrogens is 426 g/mol. The van der Waals surface area contributed by atoms with E-state index in [4.69, 9.17) is 21.1 Å². The number of methoxy groups -OCH3 is 1. The third-order valence-corrected chi connectivity index (χ3v) is 5.34. The Morgan fingerprint density at radius 3 is 2.72 bits per heavy atom. The molecule has 32 heavy (non-hydrogen) atoms. The number of fused-ring (bicyclic) bond motifs is 1. The third kappa shape index (κ3) is 4.86. The summed E-state index contributed by atoms with van der Waals surface area (Å²) in [6.07, 6.45) is 1.80. The van der Waals surface area contributed by atoms with Crippen LogP contribution in [-0.4, -0.2) is 29.4 Å². The van der Waals surface area contributed by atoms with Crippen LogP contribution in [-0.2, 0) is 13.1 Å². The SMILES string of the molecule is CCOc1ccc(CNC(=O)c2ccc3cnn(Cc4cccc(Cl)c4)c3c2)cc1OC. The zero-order valence-corrected chi connectivity index (χ0v) is 18.7. The van der Waals surface area contributed by atoms with Crippen molar-refractivity contribution in [3.8, 4) is 11.5 Å². The number of carbonyl (C=O) groups excluding carboxylic acids is 1. The second kappa shape index (κ2) is 9.75. The first-order valence-electron chi connectivity index (χ1n) is 10.4. The van der Waals surface area contributed by atoms with Crippen LogP contribution < -0.4 is 14.8 Å². The molecule has 3 aromatic carbocycles. The van der Waals surface area contributed by atoms with Gasteiger partial charge in [0.2, 0.25) is 0 Å². The Labute approximate surface area is 191 Å². The zero-order valence-electron chi connectivity index (χ0n) is 18.0. The molecule has 4 rings (SSSR count). The van der Waals surface area contributed by atoms with Crippen molar-refractivity contribution in [1.82, 2.24) is 15.1 Å². The lowest BCUT2D eigenvalue weighted by atomic mass is 10.1. The van der Waals surface area contributed by atoms with Gasteiger partial charge in [-0.2, -0.15) is 5.10 Å². The van der Waals surface area contributed by atoms with Crippen molar-refractivity contribution in [2.45, 2.75) is 20.0 Å². The molecule has 0 aliphatic carbocycles. The van der Waals surface area contributed by atoms with E-state index >= 15 is 0 Å². The van der Waals surface area contributed by atoms with E-state index in [0.717, 1.165) is 22.0 Å². The first-order chi connectivity index (χ1) is 15.6. The fourth-order valence-corrected chi connectivity index (χ4v) is 3.74. The van der Waals surface area contributed by atoms with Gasteiger partial charge >= 0.3 is 0 Å². The average Bonchev–Trinajstić information content (AvgIpc) is 3.20. The highest BCUT2D eigenvalue weighted by Gasteiger charge is 2.11. The van der Waals surface area contributed by atoms with Crippen LogP contribution in [0.5, 0.6) is 11.5 Å². The number of amides is 1. The van der Waals surface area contributed by atoms with Gasteiger partial charge in [0.25, 0.3) is 5.91 Å². The van der Waals surface area contributed by atoms with E-state index in [2.05, 4.69) is 10.4 Å². The Kier molecular flexibility index (Phi) is 6.61. The zero-order chi connectivity index (χ0) is 22.5. The summed E-state index contributed by atoms with van der Waals surface area (Å²) in [5.74, 6) is 1.17. The van der Waals surface area contributed by atoms with Gasteiger partial charge in [-0.25, -0.2) is 0 Å². The van der Waals surface area contributed by atoms with Gasteiger partial charge in [0, 0.05) is 22.5 Å². The van der Waals surface area contributed by atoms with E-state index in [1.807, 2.05) is 72.3 Å². The van der Waals surface area contributed by atoms with E-state index in [0.29, 0.717) is 41.8 Å². The predicted molar refractivity (Wildman–Crippen MR) is 126 cm³/mol. The third-order valence-electron chi connectivity index (χ3n) is 5.11. The predicted octanol–water partition coefficient (Wildman–Crippen LogP) is 5.08. The number of aromatic nitrogens is 2. The lowest BCUT2D eigenvalue weighted by Gasteiger charge is -2.12. The maximum atomic E-state index is 12.8. The summed E-state index contributed by atoms with van der Waals surface area (Å²) in [5, 5.41) is 9.10. The van der Waals surface area contributed by atoms with Crippen molar-refractivity contribution in [3.05, 3.63) is 88.6 Å². The Morgan fingerprint density at radius 1 is 1.06 bits per heavy atom. The molecule has 0 atom stereocenters.